The molecule has 0 aliphatic carbocycles. The largest absolute Gasteiger partial charge is 0.252 e. The number of rotatable bonds is 3. The van der Waals surface area contributed by atoms with E-state index < -0.39 is 0 Å². The van der Waals surface area contributed by atoms with E-state index in [0.29, 0.717) is 0 Å². The lowest BCUT2D eigenvalue weighted by molar-refractivity contribution is 1.21. The molecule has 17 heavy (non-hydrogen) atoms. The lowest BCUT2D eigenvalue weighted by Crippen LogP contribution is -1.99. The number of hydrogen-bond acceptors (Lipinski definition) is 4. The first-order valence-electron chi connectivity index (χ1n) is 5.44. The van der Waals surface area contributed by atoms with Crippen LogP contribution in [-0.2, 0) is 0 Å². The minimum atomic E-state index is 0.828. The highest BCUT2D eigenvalue weighted by molar-refractivity contribution is 7.13. The molecule has 0 aliphatic heterocycles. The average molecular weight is 245 g/mol. The second kappa shape index (κ2) is 5.10. The molecular weight excluding hydrogens is 230 g/mol. The fraction of sp³-hybridized carbons (Fsp3) is 0.231. The second-order valence-electron chi connectivity index (χ2n) is 3.97. The van der Waals surface area contributed by atoms with Crippen LogP contribution in [0.2, 0.25) is 0 Å². The predicted octanol–water partition coefficient (Wildman–Crippen LogP) is 3.60. The number of benzene rings is 1. The number of anilines is 1. The SMILES string of the molecule is C/C(=N\Nc1nc(C)cs1)c1ccc(C)cc1. The van der Waals surface area contributed by atoms with Crippen LogP contribution in [0.15, 0.2) is 34.7 Å². The Kier molecular flexibility index (Phi) is 3.54. The van der Waals surface area contributed by atoms with Gasteiger partial charge in [-0.15, -0.1) is 11.3 Å². The molecule has 0 radical (unpaired) electrons. The van der Waals surface area contributed by atoms with Crippen LogP contribution in [0.5, 0.6) is 0 Å². The minimum Gasteiger partial charge on any atom is -0.252 e. The molecule has 3 nitrogen and oxygen atoms in total. The highest BCUT2D eigenvalue weighted by atomic mass is 32.1. The standard InChI is InChI=1S/C13H15N3S/c1-9-4-6-12(7-5-9)11(3)15-16-13-14-10(2)8-17-13/h4-8H,1-3H3,(H,14,16)/b15-11+. The molecule has 0 unspecified atom stereocenters. The summed E-state index contributed by atoms with van der Waals surface area (Å²) in [5, 5.41) is 7.15. The lowest BCUT2D eigenvalue weighted by atomic mass is 10.1. The molecule has 1 aromatic heterocycles. The molecule has 88 valence electrons. The van der Waals surface area contributed by atoms with Crippen LogP contribution in [0, 0.1) is 13.8 Å². The summed E-state index contributed by atoms with van der Waals surface area (Å²) in [5.41, 5.74) is 7.32. The van der Waals surface area contributed by atoms with E-state index in [4.69, 9.17) is 0 Å². The van der Waals surface area contributed by atoms with Gasteiger partial charge in [-0.05, 0) is 26.3 Å². The van der Waals surface area contributed by atoms with Crippen molar-refractivity contribution in [3.63, 3.8) is 0 Å². The number of aromatic nitrogens is 1. The Morgan fingerprint density at radius 2 is 1.94 bits per heavy atom. The topological polar surface area (TPSA) is 37.3 Å². The molecule has 1 aromatic carbocycles. The van der Waals surface area contributed by atoms with E-state index >= 15 is 0 Å². The first-order chi connectivity index (χ1) is 8.15. The number of aryl methyl sites for hydroxylation is 2. The van der Waals surface area contributed by atoms with Gasteiger partial charge in [0, 0.05) is 5.38 Å². The van der Waals surface area contributed by atoms with Gasteiger partial charge >= 0.3 is 0 Å². The monoisotopic (exact) mass is 245 g/mol. The number of thiazole rings is 1. The van der Waals surface area contributed by atoms with Gasteiger partial charge < -0.3 is 0 Å². The fourth-order valence-electron chi connectivity index (χ4n) is 1.40. The molecule has 2 aromatic rings. The molecule has 2 rings (SSSR count). The smallest absolute Gasteiger partial charge is 0.203 e. The van der Waals surface area contributed by atoms with Crippen LogP contribution < -0.4 is 5.43 Å². The maximum atomic E-state index is 4.32. The normalized spacial score (nSPS) is 11.6. The third-order valence-corrected chi connectivity index (χ3v) is 3.27. The first-order valence-corrected chi connectivity index (χ1v) is 6.32. The summed E-state index contributed by atoms with van der Waals surface area (Å²) in [7, 11) is 0. The predicted molar refractivity (Wildman–Crippen MR) is 73.9 cm³/mol. The van der Waals surface area contributed by atoms with E-state index in [9.17, 15) is 0 Å². The van der Waals surface area contributed by atoms with Crippen molar-refractivity contribution < 1.29 is 0 Å². The summed E-state index contributed by atoms with van der Waals surface area (Å²) in [6.45, 7) is 6.03. The van der Waals surface area contributed by atoms with Gasteiger partial charge in [0.1, 0.15) is 0 Å². The van der Waals surface area contributed by atoms with Gasteiger partial charge in [-0.25, -0.2) is 4.98 Å². The molecule has 0 atom stereocenters. The zero-order chi connectivity index (χ0) is 12.3. The molecule has 0 saturated carbocycles. The third kappa shape index (κ3) is 3.14. The minimum absolute atomic E-state index is 0.828. The van der Waals surface area contributed by atoms with Crippen molar-refractivity contribution in [2.45, 2.75) is 20.8 Å². The maximum Gasteiger partial charge on any atom is 0.203 e. The average Bonchev–Trinajstić information content (AvgIpc) is 2.73. The van der Waals surface area contributed by atoms with Crippen LogP contribution in [0.1, 0.15) is 23.7 Å². The Morgan fingerprint density at radius 1 is 1.24 bits per heavy atom. The van der Waals surface area contributed by atoms with Crippen molar-refractivity contribution in [3.05, 3.63) is 46.5 Å². The van der Waals surface area contributed by atoms with Crippen molar-refractivity contribution >= 4 is 22.2 Å². The summed E-state index contributed by atoms with van der Waals surface area (Å²) in [6, 6.07) is 8.32. The molecule has 1 N–H and O–H groups in total. The van der Waals surface area contributed by atoms with Gasteiger partial charge in [-0.3, -0.25) is 5.43 Å². The van der Waals surface area contributed by atoms with E-state index in [2.05, 4.69) is 46.7 Å². The molecule has 1 heterocycles. The summed E-state index contributed by atoms with van der Waals surface area (Å²) < 4.78 is 0. The van der Waals surface area contributed by atoms with Crippen LogP contribution in [-0.4, -0.2) is 10.7 Å². The Hall–Kier alpha value is -1.68. The van der Waals surface area contributed by atoms with Gasteiger partial charge in [-0.1, -0.05) is 29.8 Å². The van der Waals surface area contributed by atoms with Crippen molar-refractivity contribution in [1.29, 1.82) is 0 Å². The Morgan fingerprint density at radius 3 is 2.53 bits per heavy atom. The van der Waals surface area contributed by atoms with Gasteiger partial charge in [0.05, 0.1) is 11.4 Å². The van der Waals surface area contributed by atoms with Crippen molar-refractivity contribution in [3.8, 4) is 0 Å². The van der Waals surface area contributed by atoms with E-state index in [0.717, 1.165) is 22.1 Å². The highest BCUT2D eigenvalue weighted by Crippen LogP contribution is 2.14. The van der Waals surface area contributed by atoms with Crippen molar-refractivity contribution in [2.24, 2.45) is 5.10 Å². The molecule has 4 heteroatoms. The number of hydrazone groups is 1. The van der Waals surface area contributed by atoms with E-state index in [-0.39, 0.29) is 0 Å². The second-order valence-corrected chi connectivity index (χ2v) is 4.83. The van der Waals surface area contributed by atoms with Crippen LogP contribution in [0.4, 0.5) is 5.13 Å². The van der Waals surface area contributed by atoms with Gasteiger partial charge in [0.2, 0.25) is 5.13 Å². The molecule has 0 spiro atoms. The zero-order valence-electron chi connectivity index (χ0n) is 10.2. The van der Waals surface area contributed by atoms with E-state index in [1.807, 2.05) is 19.2 Å². The summed E-state index contributed by atoms with van der Waals surface area (Å²) in [5.74, 6) is 0. The van der Waals surface area contributed by atoms with Crippen LogP contribution in [0.3, 0.4) is 0 Å². The van der Waals surface area contributed by atoms with E-state index in [1.165, 1.54) is 5.56 Å². The maximum absolute atomic E-state index is 4.32. The van der Waals surface area contributed by atoms with Crippen molar-refractivity contribution in [2.75, 3.05) is 5.43 Å². The molecule has 0 fully saturated rings. The Labute approximate surface area is 105 Å². The highest BCUT2D eigenvalue weighted by Gasteiger charge is 1.98. The molecule has 0 bridgehead atoms. The molecule has 0 saturated heterocycles. The summed E-state index contributed by atoms with van der Waals surface area (Å²) in [4.78, 5) is 4.29. The van der Waals surface area contributed by atoms with E-state index in [1.54, 1.807) is 11.3 Å². The van der Waals surface area contributed by atoms with Crippen LogP contribution in [0.25, 0.3) is 0 Å². The molecular formula is C13H15N3S. The summed E-state index contributed by atoms with van der Waals surface area (Å²) in [6.07, 6.45) is 0. The number of nitrogens with one attached hydrogen (secondary N) is 1. The number of hydrogen-bond donors (Lipinski definition) is 1. The van der Waals surface area contributed by atoms with Crippen LogP contribution >= 0.6 is 11.3 Å². The fourth-order valence-corrected chi connectivity index (χ4v) is 2.03. The quantitative estimate of drug-likeness (QED) is 0.662. The summed E-state index contributed by atoms with van der Waals surface area (Å²) >= 11 is 1.56. The zero-order valence-corrected chi connectivity index (χ0v) is 11.0. The third-order valence-electron chi connectivity index (χ3n) is 2.41. The Bertz CT molecular complexity index is 526. The van der Waals surface area contributed by atoms with Gasteiger partial charge in [0.15, 0.2) is 0 Å². The van der Waals surface area contributed by atoms with Crippen molar-refractivity contribution in [1.82, 2.24) is 4.98 Å². The van der Waals surface area contributed by atoms with Gasteiger partial charge in [0.25, 0.3) is 0 Å². The Balaban J connectivity index is 2.09. The molecule has 0 aliphatic rings. The number of nitrogens with zero attached hydrogens (tertiary/aromatic N) is 2. The molecule has 0 amide bonds. The van der Waals surface area contributed by atoms with Gasteiger partial charge in [-0.2, -0.15) is 5.10 Å². The first kappa shape index (κ1) is 11.8. The lowest BCUT2D eigenvalue weighted by Gasteiger charge is -2.01.